The summed E-state index contributed by atoms with van der Waals surface area (Å²) < 4.78 is 34.1. The number of carbonyl (C=O) groups excluding carboxylic acids is 2. The van der Waals surface area contributed by atoms with E-state index in [-0.39, 0.29) is 47.8 Å². The molecular formula is C15H19ClF2N2O4S. The molecule has 1 aromatic rings. The molecule has 0 bridgehead atoms. The molecule has 1 aromatic carbocycles. The minimum Gasteiger partial charge on any atom is -0.465 e. The van der Waals surface area contributed by atoms with Gasteiger partial charge in [0.25, 0.3) is 0 Å². The minimum atomic E-state index is -3.08. The summed E-state index contributed by atoms with van der Waals surface area (Å²) in [5.74, 6) is 0.525. The third-order valence-corrected chi connectivity index (χ3v) is 4.45. The summed E-state index contributed by atoms with van der Waals surface area (Å²) in [6.45, 7) is -2.25. The molecule has 6 nitrogen and oxygen atoms in total. The van der Waals surface area contributed by atoms with Crippen molar-refractivity contribution in [3.63, 3.8) is 0 Å². The zero-order valence-corrected chi connectivity index (χ0v) is 15.1. The Bertz CT molecular complexity index is 601. The third kappa shape index (κ3) is 6.68. The molecule has 10 heteroatoms. The predicted molar refractivity (Wildman–Crippen MR) is 94.0 cm³/mol. The highest BCUT2D eigenvalue weighted by Crippen LogP contribution is 2.28. The number of esters is 1. The number of rotatable bonds is 6. The SMILES string of the molecule is COC(=O)c1ccc(NC(=O)CC2CSCCN2)c(OC(F)F)c1.Cl. The predicted octanol–water partition coefficient (Wildman–Crippen LogP) is 2.53. The molecule has 0 saturated carbocycles. The standard InChI is InChI=1S/C15H18F2N2O4S.ClH/c1-22-14(21)9-2-3-11(12(6-9)23-15(16)17)19-13(20)7-10-8-24-5-4-18-10;/h2-3,6,10,15,18H,4-5,7-8H2,1H3,(H,19,20);1H. The lowest BCUT2D eigenvalue weighted by Crippen LogP contribution is -2.39. The number of benzene rings is 1. The monoisotopic (exact) mass is 396 g/mol. The number of hydrogen-bond acceptors (Lipinski definition) is 6. The number of thioether (sulfide) groups is 1. The van der Waals surface area contributed by atoms with Crippen LogP contribution in [0.25, 0.3) is 0 Å². The van der Waals surface area contributed by atoms with Gasteiger partial charge in [0.15, 0.2) is 0 Å². The third-order valence-electron chi connectivity index (χ3n) is 3.32. The fourth-order valence-corrected chi connectivity index (χ4v) is 3.19. The molecular weight excluding hydrogens is 378 g/mol. The Labute approximate surface area is 154 Å². The molecule has 1 aliphatic heterocycles. The van der Waals surface area contributed by atoms with Crippen molar-refractivity contribution in [2.24, 2.45) is 0 Å². The second kappa shape index (κ2) is 10.4. The van der Waals surface area contributed by atoms with Gasteiger partial charge >= 0.3 is 12.6 Å². The first-order valence-electron chi connectivity index (χ1n) is 7.27. The fourth-order valence-electron chi connectivity index (χ4n) is 2.24. The Kier molecular flexibility index (Phi) is 8.95. The molecule has 2 rings (SSSR count). The van der Waals surface area contributed by atoms with Crippen LogP contribution >= 0.6 is 24.2 Å². The van der Waals surface area contributed by atoms with Crippen molar-refractivity contribution >= 4 is 41.7 Å². The van der Waals surface area contributed by atoms with Crippen molar-refractivity contribution in [1.82, 2.24) is 5.32 Å². The average molecular weight is 397 g/mol. The van der Waals surface area contributed by atoms with E-state index in [1.54, 1.807) is 11.8 Å². The van der Waals surface area contributed by atoms with E-state index < -0.39 is 12.6 Å². The summed E-state index contributed by atoms with van der Waals surface area (Å²) >= 11 is 1.75. The Hall–Kier alpha value is -1.58. The summed E-state index contributed by atoms with van der Waals surface area (Å²) in [6, 6.07) is 3.86. The number of carbonyl (C=O) groups is 2. The van der Waals surface area contributed by atoms with Gasteiger partial charge in [-0.2, -0.15) is 20.5 Å². The van der Waals surface area contributed by atoms with E-state index in [1.807, 2.05) is 0 Å². The molecule has 1 atom stereocenters. The minimum absolute atomic E-state index is 0. The van der Waals surface area contributed by atoms with Gasteiger partial charge in [-0.25, -0.2) is 4.79 Å². The molecule has 1 fully saturated rings. The first-order chi connectivity index (χ1) is 11.5. The van der Waals surface area contributed by atoms with E-state index in [9.17, 15) is 18.4 Å². The molecule has 0 spiro atoms. The number of methoxy groups -OCH3 is 1. The van der Waals surface area contributed by atoms with Crippen molar-refractivity contribution in [3.8, 4) is 5.75 Å². The lowest BCUT2D eigenvalue weighted by atomic mass is 10.1. The quantitative estimate of drug-likeness (QED) is 0.720. The lowest BCUT2D eigenvalue weighted by molar-refractivity contribution is -0.116. The zero-order chi connectivity index (χ0) is 17.5. The molecule has 1 saturated heterocycles. The molecule has 2 N–H and O–H groups in total. The van der Waals surface area contributed by atoms with Gasteiger partial charge in [-0.1, -0.05) is 0 Å². The van der Waals surface area contributed by atoms with Crippen molar-refractivity contribution in [1.29, 1.82) is 0 Å². The van der Waals surface area contributed by atoms with Gasteiger partial charge in [0.1, 0.15) is 5.75 Å². The number of halogens is 3. The van der Waals surface area contributed by atoms with Crippen LogP contribution in [0.5, 0.6) is 5.75 Å². The Morgan fingerprint density at radius 2 is 2.20 bits per heavy atom. The Morgan fingerprint density at radius 1 is 1.44 bits per heavy atom. The number of amides is 1. The normalized spacial score (nSPS) is 16.7. The van der Waals surface area contributed by atoms with E-state index in [0.717, 1.165) is 24.1 Å². The van der Waals surface area contributed by atoms with E-state index in [1.165, 1.54) is 19.2 Å². The maximum Gasteiger partial charge on any atom is 0.387 e. The average Bonchev–Trinajstić information content (AvgIpc) is 2.56. The molecule has 0 aliphatic carbocycles. The number of anilines is 1. The zero-order valence-electron chi connectivity index (χ0n) is 13.4. The van der Waals surface area contributed by atoms with Crippen molar-refractivity contribution in [2.45, 2.75) is 19.1 Å². The second-order valence-electron chi connectivity index (χ2n) is 5.06. The topological polar surface area (TPSA) is 76.7 Å². The first kappa shape index (κ1) is 21.5. The molecule has 0 radical (unpaired) electrons. The molecule has 1 aliphatic rings. The van der Waals surface area contributed by atoms with Crippen LogP contribution in [0.1, 0.15) is 16.8 Å². The lowest BCUT2D eigenvalue weighted by Gasteiger charge is -2.22. The van der Waals surface area contributed by atoms with E-state index in [4.69, 9.17) is 0 Å². The van der Waals surface area contributed by atoms with Crippen molar-refractivity contribution in [3.05, 3.63) is 23.8 Å². The summed E-state index contributed by atoms with van der Waals surface area (Å²) in [6.07, 6.45) is 0.222. The number of ether oxygens (including phenoxy) is 2. The maximum atomic E-state index is 12.6. The molecule has 1 unspecified atom stereocenters. The van der Waals surface area contributed by atoms with Crippen LogP contribution in [0.2, 0.25) is 0 Å². The van der Waals surface area contributed by atoms with Crippen LogP contribution in [0.3, 0.4) is 0 Å². The summed E-state index contributed by atoms with van der Waals surface area (Å²) in [4.78, 5) is 23.6. The molecule has 140 valence electrons. The molecule has 0 aromatic heterocycles. The highest BCUT2D eigenvalue weighted by Gasteiger charge is 2.19. The van der Waals surface area contributed by atoms with E-state index in [0.29, 0.717) is 0 Å². The van der Waals surface area contributed by atoms with Crippen molar-refractivity contribution in [2.75, 3.05) is 30.5 Å². The van der Waals surface area contributed by atoms with Gasteiger partial charge < -0.3 is 20.1 Å². The number of nitrogens with one attached hydrogen (secondary N) is 2. The first-order valence-corrected chi connectivity index (χ1v) is 8.43. The molecule has 1 heterocycles. The van der Waals surface area contributed by atoms with Crippen molar-refractivity contribution < 1.29 is 27.8 Å². The van der Waals surface area contributed by atoms with Gasteiger partial charge in [-0.05, 0) is 18.2 Å². The molecule has 25 heavy (non-hydrogen) atoms. The van der Waals surface area contributed by atoms with Crippen LogP contribution in [0.15, 0.2) is 18.2 Å². The summed E-state index contributed by atoms with van der Waals surface area (Å²) in [5.41, 5.74) is 0.132. The summed E-state index contributed by atoms with van der Waals surface area (Å²) in [7, 11) is 1.18. The van der Waals surface area contributed by atoms with Gasteiger partial charge in [0, 0.05) is 30.5 Å². The van der Waals surface area contributed by atoms with Crippen LogP contribution in [-0.2, 0) is 9.53 Å². The maximum absolute atomic E-state index is 12.6. The van der Waals surface area contributed by atoms with Gasteiger partial charge in [0.2, 0.25) is 5.91 Å². The van der Waals surface area contributed by atoms with Gasteiger partial charge in [0.05, 0.1) is 18.4 Å². The van der Waals surface area contributed by atoms with Crippen LogP contribution in [0.4, 0.5) is 14.5 Å². The van der Waals surface area contributed by atoms with Gasteiger partial charge in [-0.15, -0.1) is 12.4 Å². The number of alkyl halides is 2. The Balaban J connectivity index is 0.00000312. The van der Waals surface area contributed by atoms with E-state index in [2.05, 4.69) is 20.1 Å². The highest BCUT2D eigenvalue weighted by molar-refractivity contribution is 7.99. The summed E-state index contributed by atoms with van der Waals surface area (Å²) in [5, 5.41) is 5.77. The largest absolute Gasteiger partial charge is 0.465 e. The highest BCUT2D eigenvalue weighted by atomic mass is 35.5. The van der Waals surface area contributed by atoms with Gasteiger partial charge in [-0.3, -0.25) is 4.79 Å². The van der Waals surface area contributed by atoms with Crippen LogP contribution in [-0.4, -0.2) is 49.7 Å². The second-order valence-corrected chi connectivity index (χ2v) is 6.21. The van der Waals surface area contributed by atoms with Crippen LogP contribution < -0.4 is 15.4 Å². The molecule has 1 amide bonds. The number of hydrogen-bond donors (Lipinski definition) is 2. The van der Waals surface area contributed by atoms with E-state index >= 15 is 0 Å². The van der Waals surface area contributed by atoms with Crippen LogP contribution in [0, 0.1) is 0 Å². The Morgan fingerprint density at radius 3 is 2.80 bits per heavy atom. The smallest absolute Gasteiger partial charge is 0.387 e. The fraction of sp³-hybridized carbons (Fsp3) is 0.467.